The van der Waals surface area contributed by atoms with Crippen LogP contribution in [0.2, 0.25) is 0 Å². The van der Waals surface area contributed by atoms with Crippen LogP contribution in [0.5, 0.6) is 5.75 Å². The molecule has 7 aliphatic heterocycles. The number of piperidine rings is 1. The molecule has 318 valence electrons. The second-order valence-electron chi connectivity index (χ2n) is 18.8. The van der Waals surface area contributed by atoms with Crippen molar-refractivity contribution in [3.8, 4) is 5.75 Å². The molecule has 2 aromatic rings. The number of likely N-dealkylation sites (N-methyl/N-ethyl adjacent to an activating group) is 1. The van der Waals surface area contributed by atoms with E-state index >= 15 is 4.79 Å². The Kier molecular flexibility index (Phi) is 8.96. The van der Waals surface area contributed by atoms with E-state index in [9.17, 15) is 14.7 Å². The van der Waals surface area contributed by atoms with Gasteiger partial charge in [-0.2, -0.15) is 0 Å². The van der Waals surface area contributed by atoms with Crippen LogP contribution >= 0.6 is 12.6 Å². The Bertz CT molecular complexity index is 2300. The van der Waals surface area contributed by atoms with Crippen LogP contribution in [0.4, 0.5) is 5.69 Å². The number of fused-ring (bicyclic) bond motifs is 5. The number of anilines is 1. The van der Waals surface area contributed by atoms with E-state index in [1.54, 1.807) is 7.11 Å². The highest BCUT2D eigenvalue weighted by atomic mass is 32.1. The first-order chi connectivity index (χ1) is 28.7. The van der Waals surface area contributed by atoms with Crippen molar-refractivity contribution in [1.82, 2.24) is 9.80 Å². The van der Waals surface area contributed by atoms with Gasteiger partial charge in [-0.15, -0.1) is 12.6 Å². The van der Waals surface area contributed by atoms with Gasteiger partial charge in [-0.1, -0.05) is 43.0 Å². The molecule has 0 radical (unpaired) electrons. The van der Waals surface area contributed by atoms with Crippen molar-refractivity contribution in [3.63, 3.8) is 0 Å². The number of carbonyl (C=O) groups is 3. The fourth-order valence-corrected chi connectivity index (χ4v) is 14.5. The smallest absolute Gasteiger partial charge is 0.347 e. The highest BCUT2D eigenvalue weighted by Crippen LogP contribution is 2.80. The van der Waals surface area contributed by atoms with Gasteiger partial charge < -0.3 is 33.7 Å². The van der Waals surface area contributed by atoms with E-state index < -0.39 is 51.2 Å². The molecule has 12 nitrogen and oxygen atoms in total. The molecule has 1 aliphatic carbocycles. The molecule has 8 aliphatic rings. The van der Waals surface area contributed by atoms with E-state index in [0.29, 0.717) is 76.8 Å². The number of esters is 3. The van der Waals surface area contributed by atoms with Gasteiger partial charge in [0.2, 0.25) is 0 Å². The van der Waals surface area contributed by atoms with Crippen LogP contribution in [-0.2, 0) is 44.2 Å². The highest BCUT2D eigenvalue weighted by Gasteiger charge is 2.98. The Morgan fingerprint density at radius 1 is 1.02 bits per heavy atom. The summed E-state index contributed by atoms with van der Waals surface area (Å²) in [6.45, 7) is 8.97. The molecular formula is C46H56BN3O9S. The van der Waals surface area contributed by atoms with Gasteiger partial charge in [0.25, 0.3) is 5.60 Å². The molecule has 1 N–H and O–H groups in total. The van der Waals surface area contributed by atoms with Gasteiger partial charge >= 0.3 is 17.9 Å². The molecule has 7 heterocycles. The molecule has 60 heavy (non-hydrogen) atoms. The number of benzene rings is 2. The summed E-state index contributed by atoms with van der Waals surface area (Å²) in [5.74, 6) is -0.985. The zero-order valence-corrected chi connectivity index (χ0v) is 36.7. The van der Waals surface area contributed by atoms with Crippen LogP contribution < -0.4 is 15.1 Å². The number of hydrogen-bond donors (Lipinski definition) is 2. The quantitative estimate of drug-likeness (QED) is 0.106. The number of aliphatic hydroxyl groups is 1. The minimum atomic E-state index is -1.65. The number of nitrogens with zero attached hydrogens (tertiary/aromatic N) is 3. The Morgan fingerprint density at radius 2 is 1.80 bits per heavy atom. The van der Waals surface area contributed by atoms with Crippen molar-refractivity contribution in [2.24, 2.45) is 11.3 Å². The molecule has 3 saturated heterocycles. The molecule has 1 saturated carbocycles. The third-order valence-corrected chi connectivity index (χ3v) is 16.7. The number of carbonyl (C=O) groups excluding carboxylic acids is 3. The third-order valence-electron chi connectivity index (χ3n) is 16.4. The maximum Gasteiger partial charge on any atom is 0.347 e. The zero-order valence-electron chi connectivity index (χ0n) is 35.8. The molecule has 14 heteroatoms. The summed E-state index contributed by atoms with van der Waals surface area (Å²) < 4.78 is 31.6. The monoisotopic (exact) mass is 837 g/mol. The fourth-order valence-electron chi connectivity index (χ4n) is 14.3. The van der Waals surface area contributed by atoms with Crippen molar-refractivity contribution in [1.29, 1.82) is 0 Å². The molecule has 4 fully saturated rings. The maximum atomic E-state index is 15.4. The van der Waals surface area contributed by atoms with Crippen LogP contribution in [0.15, 0.2) is 52.9 Å². The zero-order chi connectivity index (χ0) is 42.4. The summed E-state index contributed by atoms with van der Waals surface area (Å²) >= 11 is 4.78. The van der Waals surface area contributed by atoms with Gasteiger partial charge in [-0.05, 0) is 85.9 Å². The van der Waals surface area contributed by atoms with Gasteiger partial charge in [0.05, 0.1) is 32.3 Å². The number of ether oxygens (including phenoxy) is 5. The summed E-state index contributed by atoms with van der Waals surface area (Å²) in [5.41, 5.74) is 0.0243. The lowest BCUT2D eigenvalue weighted by Crippen LogP contribution is -2.75. The summed E-state index contributed by atoms with van der Waals surface area (Å²) in [6, 6.07) is 10.2. The van der Waals surface area contributed by atoms with Crippen LogP contribution in [0.3, 0.4) is 0 Å². The summed E-state index contributed by atoms with van der Waals surface area (Å²) in [7, 11) is 6.97. The Balaban J connectivity index is 1.27. The molecule has 10 rings (SSSR count). The first kappa shape index (κ1) is 40.3. The molecule has 2 aromatic carbocycles. The van der Waals surface area contributed by atoms with Gasteiger partial charge in [0.1, 0.15) is 11.2 Å². The lowest BCUT2D eigenvalue weighted by Gasteiger charge is -2.58. The molecule has 10 atom stereocenters. The fraction of sp³-hybridized carbons (Fsp3) is 0.587. The summed E-state index contributed by atoms with van der Waals surface area (Å²) in [5, 5.41) is 12.0. The molecule has 2 spiro atoms. The second kappa shape index (κ2) is 13.3. The van der Waals surface area contributed by atoms with Crippen molar-refractivity contribution < 1.29 is 43.2 Å². The van der Waals surface area contributed by atoms with Gasteiger partial charge in [0, 0.05) is 73.8 Å². The normalized spacial score (nSPS) is 39.0. The lowest BCUT2D eigenvalue weighted by atomic mass is 9.48. The van der Waals surface area contributed by atoms with Crippen molar-refractivity contribution in [3.05, 3.63) is 64.6 Å². The summed E-state index contributed by atoms with van der Waals surface area (Å²) in [6.07, 6.45) is 6.76. The van der Waals surface area contributed by atoms with E-state index in [1.165, 1.54) is 21.1 Å². The molecular weight excluding hydrogens is 781 g/mol. The van der Waals surface area contributed by atoms with Crippen molar-refractivity contribution in [2.45, 2.75) is 104 Å². The van der Waals surface area contributed by atoms with Crippen LogP contribution in [0.25, 0.3) is 5.57 Å². The van der Waals surface area contributed by atoms with Crippen molar-refractivity contribution in [2.75, 3.05) is 66.0 Å². The molecule has 1 unspecified atom stereocenters. The standard InChI is InChI=1S/C46H56BN3O9S/c1-8-41(54)22-27-23-43(39(52)56-6,36-29(13-17-49(24-27)25-41)30-19-28(60)11-12-33(30)47-36)32-20-31-34(21-35(32)55-5)48(4)46-44(31)15-18-50-16-10-14-42(9-2,37(44)50)38(58-26(3)51)45(46,59-46)40(53)57-7/h10-12,14,19-21,27,37-38,47,54,60H,8-9,13,15-18,22-25H2,1-7H3/t27-,37+,38-,41+,42-,43+,44-,45+,46+/m1/s1. The Hall–Kier alpha value is -3.82. The highest BCUT2D eigenvalue weighted by molar-refractivity contribution is 7.80. The Labute approximate surface area is 358 Å². The van der Waals surface area contributed by atoms with Gasteiger partial charge in [-0.3, -0.25) is 19.4 Å². The predicted molar refractivity (Wildman–Crippen MR) is 229 cm³/mol. The average molecular weight is 838 g/mol. The van der Waals surface area contributed by atoms with E-state index in [1.807, 2.05) is 26.1 Å². The minimum Gasteiger partial charge on any atom is -0.496 e. The number of methoxy groups -OCH3 is 3. The maximum absolute atomic E-state index is 15.4. The van der Waals surface area contributed by atoms with E-state index in [-0.39, 0.29) is 17.9 Å². The van der Waals surface area contributed by atoms with Crippen LogP contribution in [0, 0.1) is 11.3 Å². The molecule has 0 amide bonds. The lowest BCUT2D eigenvalue weighted by molar-refractivity contribution is -0.178. The minimum absolute atomic E-state index is 0.0555. The summed E-state index contributed by atoms with van der Waals surface area (Å²) in [4.78, 5) is 50.9. The average Bonchev–Trinajstić information content (AvgIpc) is 3.49. The van der Waals surface area contributed by atoms with E-state index in [0.717, 1.165) is 51.3 Å². The SMILES string of the molecule is CC[C@]1(O)C[C@H]2CN(CCC3=C(Bc4ccc(S)cc43)[C@@](C(=O)OC)(c3cc4c(cc3OC)N(C)[C@@]35O[C@]3(C(=O)OC)[C@H](OC(C)=O)[C@]3(CC)C=CCN6CC[C@]45[C@@H]63)C2)C1. The number of epoxide rings is 1. The first-order valence-corrected chi connectivity index (χ1v) is 22.1. The molecule has 0 aromatic heterocycles. The third kappa shape index (κ3) is 4.72. The van der Waals surface area contributed by atoms with Crippen molar-refractivity contribution >= 4 is 54.5 Å². The van der Waals surface area contributed by atoms with Crippen LogP contribution in [0.1, 0.15) is 76.0 Å². The molecule has 2 bridgehead atoms. The van der Waals surface area contributed by atoms with Gasteiger partial charge in [0.15, 0.2) is 19.1 Å². The number of thiol groups is 1. The van der Waals surface area contributed by atoms with Crippen LogP contribution in [-0.4, -0.2) is 130 Å². The number of rotatable bonds is 7. The first-order valence-electron chi connectivity index (χ1n) is 21.6. The predicted octanol–water partition coefficient (Wildman–Crippen LogP) is 3.45. The largest absolute Gasteiger partial charge is 0.496 e. The van der Waals surface area contributed by atoms with E-state index in [2.05, 4.69) is 52.0 Å². The number of hydrogen-bond acceptors (Lipinski definition) is 13. The van der Waals surface area contributed by atoms with E-state index in [4.69, 9.17) is 36.3 Å². The second-order valence-corrected chi connectivity index (χ2v) is 19.3. The topological polar surface area (TPSA) is 131 Å². The Morgan fingerprint density at radius 3 is 2.50 bits per heavy atom. The van der Waals surface area contributed by atoms with Gasteiger partial charge in [-0.25, -0.2) is 4.79 Å².